The summed E-state index contributed by atoms with van der Waals surface area (Å²) < 4.78 is 7.88. The van der Waals surface area contributed by atoms with Crippen LogP contribution in [0.5, 0.6) is 5.75 Å². The number of para-hydroxylation sites is 1. The molecule has 44 heavy (non-hydrogen) atoms. The van der Waals surface area contributed by atoms with Gasteiger partial charge < -0.3 is 20.7 Å². The van der Waals surface area contributed by atoms with Crippen LogP contribution in [0.3, 0.4) is 0 Å². The molecule has 4 heterocycles. The Bertz CT molecular complexity index is 1770. The molecule has 0 unspecified atom stereocenters. The van der Waals surface area contributed by atoms with Gasteiger partial charge in [0.1, 0.15) is 17.5 Å². The Kier molecular flexibility index (Phi) is 7.91. The second kappa shape index (κ2) is 12.1. The molecule has 3 N–H and O–H groups in total. The number of nitriles is 1. The smallest absolute Gasteiger partial charge is 0.273 e. The second-order valence-corrected chi connectivity index (χ2v) is 10.9. The van der Waals surface area contributed by atoms with Crippen molar-refractivity contribution in [1.29, 1.82) is 5.26 Å². The molecule has 2 fully saturated rings. The van der Waals surface area contributed by atoms with Crippen molar-refractivity contribution in [1.82, 2.24) is 35.2 Å². The average molecular weight is 593 g/mol. The first-order valence-corrected chi connectivity index (χ1v) is 14.4. The minimum Gasteiger partial charge on any atom is -0.494 e. The number of anilines is 3. The molecule has 0 spiro atoms. The molecule has 4 aromatic rings. The highest BCUT2D eigenvalue weighted by atomic mass is 16.5. The molecule has 0 bridgehead atoms. The number of pyridine rings is 1. The van der Waals surface area contributed by atoms with E-state index in [0.29, 0.717) is 29.4 Å². The van der Waals surface area contributed by atoms with Gasteiger partial charge in [-0.1, -0.05) is 18.2 Å². The highest BCUT2D eigenvalue weighted by Crippen LogP contribution is 2.40. The number of rotatable bonds is 10. The van der Waals surface area contributed by atoms with Crippen molar-refractivity contribution in [3.05, 3.63) is 71.4 Å². The van der Waals surface area contributed by atoms with Gasteiger partial charge in [-0.25, -0.2) is 4.98 Å². The molecule has 6 rings (SSSR count). The topological polar surface area (TPSA) is 163 Å². The van der Waals surface area contributed by atoms with Crippen molar-refractivity contribution >= 4 is 29.0 Å². The van der Waals surface area contributed by atoms with Gasteiger partial charge in [0.15, 0.2) is 11.5 Å². The SMILES string of the molecule is CNC(=O)c1nnc(NC(=O)C2CC2)cc1Nc1cccc(-c2cn(C3CN(Cc4cccc(C#N)n4)C3)nc2C)c1OC. The molecule has 1 aliphatic heterocycles. The van der Waals surface area contributed by atoms with E-state index in [1.54, 1.807) is 19.2 Å². The molecule has 1 saturated carbocycles. The van der Waals surface area contributed by atoms with E-state index in [2.05, 4.69) is 42.1 Å². The molecule has 0 atom stereocenters. The summed E-state index contributed by atoms with van der Waals surface area (Å²) in [5.74, 6) is 0.290. The lowest BCUT2D eigenvalue weighted by Crippen LogP contribution is -2.47. The zero-order valence-electron chi connectivity index (χ0n) is 24.7. The number of carbonyl (C=O) groups excluding carboxylic acids is 2. The molecular formula is C31H32N10O3. The van der Waals surface area contributed by atoms with Crippen molar-refractivity contribution in [3.8, 4) is 22.9 Å². The molecule has 2 aliphatic rings. The Morgan fingerprint density at radius 3 is 2.61 bits per heavy atom. The van der Waals surface area contributed by atoms with Crippen LogP contribution in [0.15, 0.2) is 48.7 Å². The minimum absolute atomic E-state index is 0.00531. The summed E-state index contributed by atoms with van der Waals surface area (Å²) in [4.78, 5) is 31.6. The number of hydrogen-bond acceptors (Lipinski definition) is 10. The largest absolute Gasteiger partial charge is 0.494 e. The Morgan fingerprint density at radius 2 is 1.89 bits per heavy atom. The van der Waals surface area contributed by atoms with Crippen LogP contribution < -0.4 is 20.7 Å². The Labute approximate surface area is 254 Å². The third kappa shape index (κ3) is 5.93. The Morgan fingerprint density at radius 1 is 1.09 bits per heavy atom. The predicted octanol–water partition coefficient (Wildman–Crippen LogP) is 3.43. The van der Waals surface area contributed by atoms with Gasteiger partial charge in [0.2, 0.25) is 5.91 Å². The maximum Gasteiger partial charge on any atom is 0.273 e. The number of ether oxygens (including phenoxy) is 1. The van der Waals surface area contributed by atoms with Crippen molar-refractivity contribution in [2.24, 2.45) is 5.92 Å². The first kappa shape index (κ1) is 28.8. The van der Waals surface area contributed by atoms with E-state index in [-0.39, 0.29) is 29.4 Å². The van der Waals surface area contributed by atoms with Crippen molar-refractivity contribution in [3.63, 3.8) is 0 Å². The summed E-state index contributed by atoms with van der Waals surface area (Å²) in [6.07, 6.45) is 3.74. The number of amides is 2. The van der Waals surface area contributed by atoms with Gasteiger partial charge in [0.25, 0.3) is 5.91 Å². The summed E-state index contributed by atoms with van der Waals surface area (Å²) in [6, 6.07) is 15.1. The van der Waals surface area contributed by atoms with E-state index >= 15 is 0 Å². The van der Waals surface area contributed by atoms with Crippen molar-refractivity contribution in [2.75, 3.05) is 37.9 Å². The highest BCUT2D eigenvalue weighted by Gasteiger charge is 2.31. The van der Waals surface area contributed by atoms with Crippen molar-refractivity contribution < 1.29 is 14.3 Å². The number of methoxy groups -OCH3 is 1. The van der Waals surface area contributed by atoms with Gasteiger partial charge in [-0.2, -0.15) is 10.4 Å². The zero-order valence-corrected chi connectivity index (χ0v) is 24.7. The summed E-state index contributed by atoms with van der Waals surface area (Å²) in [5, 5.41) is 30.7. The van der Waals surface area contributed by atoms with Crippen LogP contribution >= 0.6 is 0 Å². The van der Waals surface area contributed by atoms with E-state index in [0.717, 1.165) is 48.4 Å². The second-order valence-electron chi connectivity index (χ2n) is 10.9. The molecule has 2 amide bonds. The average Bonchev–Trinajstić information content (AvgIpc) is 3.80. The molecule has 13 heteroatoms. The van der Waals surface area contributed by atoms with Gasteiger partial charge in [0, 0.05) is 56.0 Å². The van der Waals surface area contributed by atoms with Crippen LogP contribution in [0, 0.1) is 24.2 Å². The summed E-state index contributed by atoms with van der Waals surface area (Å²) in [7, 11) is 3.11. The summed E-state index contributed by atoms with van der Waals surface area (Å²) in [6.45, 7) is 4.27. The van der Waals surface area contributed by atoms with Crippen LogP contribution in [0.4, 0.5) is 17.2 Å². The van der Waals surface area contributed by atoms with E-state index in [1.807, 2.05) is 48.1 Å². The van der Waals surface area contributed by atoms with E-state index in [1.165, 1.54) is 7.05 Å². The standard InChI is InChI=1S/C31H32N10O3/c1-18-24(17-41(39-18)22-15-40(16-22)14-21-7-4-6-20(13-32)34-21)23-8-5-9-25(29(23)44-3)35-26-12-27(36-30(42)19-10-11-19)37-38-28(26)31(43)33-2/h4-9,12,17,19,22H,10-11,14-16H2,1-3H3,(H,33,43)(H2,35,36,37,42). The molecule has 1 aromatic carbocycles. The lowest BCUT2D eigenvalue weighted by atomic mass is 10.0. The van der Waals surface area contributed by atoms with Crippen LogP contribution in [0.2, 0.25) is 0 Å². The van der Waals surface area contributed by atoms with E-state index < -0.39 is 5.91 Å². The number of aromatic nitrogens is 5. The number of nitrogens with zero attached hydrogens (tertiary/aromatic N) is 7. The van der Waals surface area contributed by atoms with Crippen LogP contribution in [-0.2, 0) is 11.3 Å². The lowest BCUT2D eigenvalue weighted by Gasteiger charge is -2.39. The molecule has 3 aromatic heterocycles. The predicted molar refractivity (Wildman–Crippen MR) is 162 cm³/mol. The Balaban J connectivity index is 1.22. The molecule has 13 nitrogen and oxygen atoms in total. The van der Waals surface area contributed by atoms with Gasteiger partial charge >= 0.3 is 0 Å². The fraction of sp³-hybridized carbons (Fsp3) is 0.323. The molecule has 224 valence electrons. The first-order valence-electron chi connectivity index (χ1n) is 14.4. The molecule has 1 saturated heterocycles. The highest BCUT2D eigenvalue weighted by molar-refractivity contribution is 6.00. The fourth-order valence-corrected chi connectivity index (χ4v) is 5.25. The van der Waals surface area contributed by atoms with Crippen molar-refractivity contribution in [2.45, 2.75) is 32.4 Å². The van der Waals surface area contributed by atoms with Crippen LogP contribution in [-0.4, -0.2) is 68.9 Å². The number of nitrogens with one attached hydrogen (secondary N) is 3. The molecular weight excluding hydrogens is 560 g/mol. The number of aryl methyl sites for hydroxylation is 1. The number of carbonyl (C=O) groups is 2. The van der Waals surface area contributed by atoms with Gasteiger partial charge in [-0.15, -0.1) is 10.2 Å². The molecule has 1 aliphatic carbocycles. The van der Waals surface area contributed by atoms with Crippen LogP contribution in [0.1, 0.15) is 46.5 Å². The van der Waals surface area contributed by atoms with E-state index in [9.17, 15) is 9.59 Å². The lowest BCUT2D eigenvalue weighted by molar-refractivity contribution is -0.117. The first-order chi connectivity index (χ1) is 21.4. The Hall–Kier alpha value is -5.35. The van der Waals surface area contributed by atoms with Gasteiger partial charge in [-0.3, -0.25) is 19.2 Å². The number of likely N-dealkylation sites (tertiary alicyclic amines) is 1. The minimum atomic E-state index is -0.421. The maximum atomic E-state index is 12.6. The zero-order chi connectivity index (χ0) is 30.8. The number of hydrogen-bond donors (Lipinski definition) is 3. The monoisotopic (exact) mass is 592 g/mol. The third-order valence-electron chi connectivity index (χ3n) is 7.75. The summed E-state index contributed by atoms with van der Waals surface area (Å²) >= 11 is 0. The maximum absolute atomic E-state index is 12.6. The quantitative estimate of drug-likeness (QED) is 0.249. The number of benzene rings is 1. The summed E-state index contributed by atoms with van der Waals surface area (Å²) in [5.41, 5.74) is 4.96. The van der Waals surface area contributed by atoms with Gasteiger partial charge in [-0.05, 0) is 38.0 Å². The molecule has 0 radical (unpaired) electrons. The van der Waals surface area contributed by atoms with E-state index in [4.69, 9.17) is 15.1 Å². The normalized spacial score (nSPS) is 14.8. The third-order valence-corrected chi connectivity index (χ3v) is 7.75. The van der Waals surface area contributed by atoms with Crippen LogP contribution in [0.25, 0.3) is 11.1 Å². The fourth-order valence-electron chi connectivity index (χ4n) is 5.25. The van der Waals surface area contributed by atoms with Gasteiger partial charge in [0.05, 0.1) is 35.9 Å².